The molecular formula is C17H20Br2N2O2. The zero-order valence-corrected chi connectivity index (χ0v) is 16.0. The average Bonchev–Trinajstić information content (AvgIpc) is 2.93. The minimum atomic E-state index is -0.250. The van der Waals surface area contributed by atoms with Gasteiger partial charge >= 0.3 is 0 Å². The van der Waals surface area contributed by atoms with Gasteiger partial charge in [0.05, 0.1) is 11.6 Å². The van der Waals surface area contributed by atoms with Gasteiger partial charge in [-0.15, -0.1) is 0 Å². The van der Waals surface area contributed by atoms with Gasteiger partial charge in [0.2, 0.25) is 11.8 Å². The van der Waals surface area contributed by atoms with Crippen LogP contribution in [0.4, 0.5) is 5.69 Å². The number of nitrogens with one attached hydrogen (secondary N) is 1. The molecule has 1 aromatic rings. The third kappa shape index (κ3) is 3.97. The Morgan fingerprint density at radius 1 is 1.17 bits per heavy atom. The first-order chi connectivity index (χ1) is 11.0. The normalized spacial score (nSPS) is 22.4. The molecule has 3 rings (SSSR count). The van der Waals surface area contributed by atoms with Crippen molar-refractivity contribution in [1.82, 2.24) is 4.90 Å². The van der Waals surface area contributed by atoms with Crippen LogP contribution in [0, 0.1) is 5.92 Å². The summed E-state index contributed by atoms with van der Waals surface area (Å²) in [6.07, 6.45) is 6.14. The maximum Gasteiger partial charge on any atom is 0.229 e. The molecule has 0 aromatic heterocycles. The monoisotopic (exact) mass is 442 g/mol. The molecule has 0 bridgehead atoms. The van der Waals surface area contributed by atoms with Gasteiger partial charge in [0.25, 0.3) is 0 Å². The van der Waals surface area contributed by atoms with E-state index >= 15 is 0 Å². The highest BCUT2D eigenvalue weighted by molar-refractivity contribution is 9.11. The fraction of sp³-hybridized carbons (Fsp3) is 0.529. The molecule has 0 unspecified atom stereocenters. The molecular weight excluding hydrogens is 424 g/mol. The van der Waals surface area contributed by atoms with E-state index in [4.69, 9.17) is 0 Å². The molecule has 23 heavy (non-hydrogen) atoms. The van der Waals surface area contributed by atoms with Crippen molar-refractivity contribution < 1.29 is 9.59 Å². The summed E-state index contributed by atoms with van der Waals surface area (Å²) in [6, 6.07) is 5.97. The summed E-state index contributed by atoms with van der Waals surface area (Å²) in [5.41, 5.74) is 0.738. The Labute approximate surface area is 153 Å². The van der Waals surface area contributed by atoms with Gasteiger partial charge in [0.1, 0.15) is 0 Å². The van der Waals surface area contributed by atoms with Crippen molar-refractivity contribution in [3.05, 3.63) is 27.1 Å². The Bertz CT molecular complexity index is 615. The number of anilines is 1. The minimum absolute atomic E-state index is 0.0697. The SMILES string of the molecule is O=C(Nc1ccc(Br)cc1Br)[C@@H]1CC(=O)N(C2CCCCC2)C1. The van der Waals surface area contributed by atoms with Crippen molar-refractivity contribution in [1.29, 1.82) is 0 Å². The lowest BCUT2D eigenvalue weighted by Crippen LogP contribution is -2.38. The molecule has 2 aliphatic rings. The van der Waals surface area contributed by atoms with Crippen LogP contribution in [0.3, 0.4) is 0 Å². The molecule has 1 saturated carbocycles. The van der Waals surface area contributed by atoms with E-state index in [1.165, 1.54) is 19.3 Å². The highest BCUT2D eigenvalue weighted by Crippen LogP contribution is 2.30. The largest absolute Gasteiger partial charge is 0.339 e. The highest BCUT2D eigenvalue weighted by Gasteiger charge is 2.38. The van der Waals surface area contributed by atoms with Crippen LogP contribution in [0.25, 0.3) is 0 Å². The maximum atomic E-state index is 12.5. The molecule has 2 fully saturated rings. The van der Waals surface area contributed by atoms with Crippen LogP contribution in [0.1, 0.15) is 38.5 Å². The van der Waals surface area contributed by atoms with Gasteiger partial charge in [-0.05, 0) is 47.0 Å². The molecule has 1 saturated heterocycles. The molecule has 0 radical (unpaired) electrons. The molecule has 1 atom stereocenters. The lowest BCUT2D eigenvalue weighted by Gasteiger charge is -2.31. The molecule has 0 spiro atoms. The van der Waals surface area contributed by atoms with Crippen molar-refractivity contribution in [2.24, 2.45) is 5.92 Å². The van der Waals surface area contributed by atoms with E-state index in [2.05, 4.69) is 37.2 Å². The van der Waals surface area contributed by atoms with Crippen LogP contribution in [0.5, 0.6) is 0 Å². The number of nitrogens with zero attached hydrogens (tertiary/aromatic N) is 1. The van der Waals surface area contributed by atoms with Crippen molar-refractivity contribution in [2.45, 2.75) is 44.6 Å². The van der Waals surface area contributed by atoms with Crippen molar-refractivity contribution in [3.8, 4) is 0 Å². The van der Waals surface area contributed by atoms with Gasteiger partial charge in [-0.1, -0.05) is 35.2 Å². The molecule has 1 aromatic carbocycles. The Morgan fingerprint density at radius 2 is 1.91 bits per heavy atom. The molecule has 6 heteroatoms. The second-order valence-corrected chi connectivity index (χ2v) is 8.12. The molecule has 4 nitrogen and oxygen atoms in total. The van der Waals surface area contributed by atoms with Crippen LogP contribution in [-0.2, 0) is 9.59 Å². The van der Waals surface area contributed by atoms with Crippen LogP contribution in [0.2, 0.25) is 0 Å². The van der Waals surface area contributed by atoms with Gasteiger partial charge in [-0.25, -0.2) is 0 Å². The van der Waals surface area contributed by atoms with Gasteiger partial charge in [-0.2, -0.15) is 0 Å². The Morgan fingerprint density at radius 3 is 2.61 bits per heavy atom. The standard InChI is InChI=1S/C17H20Br2N2O2/c18-12-6-7-15(14(19)9-12)20-17(23)11-8-16(22)21(10-11)13-4-2-1-3-5-13/h6-7,9,11,13H,1-5,8,10H2,(H,20,23)/t11-/m1/s1. The smallest absolute Gasteiger partial charge is 0.229 e. The molecule has 1 heterocycles. The predicted molar refractivity (Wildman–Crippen MR) is 97.2 cm³/mol. The summed E-state index contributed by atoms with van der Waals surface area (Å²) >= 11 is 6.84. The Kier molecular flexibility index (Phi) is 5.42. The fourth-order valence-electron chi connectivity index (χ4n) is 3.48. The predicted octanol–water partition coefficient (Wildman–Crippen LogP) is 4.33. The van der Waals surface area contributed by atoms with E-state index in [0.29, 0.717) is 19.0 Å². The first-order valence-electron chi connectivity index (χ1n) is 8.10. The number of halogens is 2. The topological polar surface area (TPSA) is 49.4 Å². The summed E-state index contributed by atoms with van der Waals surface area (Å²) in [5.74, 6) is -0.188. The van der Waals surface area contributed by atoms with Crippen molar-refractivity contribution in [2.75, 3.05) is 11.9 Å². The van der Waals surface area contributed by atoms with E-state index in [-0.39, 0.29) is 17.7 Å². The van der Waals surface area contributed by atoms with E-state index in [9.17, 15) is 9.59 Å². The molecule has 1 N–H and O–H groups in total. The minimum Gasteiger partial charge on any atom is -0.339 e. The Hall–Kier alpha value is -0.880. The number of likely N-dealkylation sites (tertiary alicyclic amines) is 1. The fourth-order valence-corrected chi connectivity index (χ4v) is 4.62. The quantitative estimate of drug-likeness (QED) is 0.755. The second kappa shape index (κ2) is 7.34. The number of amides is 2. The van der Waals surface area contributed by atoms with Crippen molar-refractivity contribution >= 4 is 49.4 Å². The number of rotatable bonds is 3. The van der Waals surface area contributed by atoms with Gasteiger partial charge < -0.3 is 10.2 Å². The zero-order valence-electron chi connectivity index (χ0n) is 12.9. The first-order valence-corrected chi connectivity index (χ1v) is 9.68. The van der Waals surface area contributed by atoms with E-state index < -0.39 is 0 Å². The van der Waals surface area contributed by atoms with Crippen LogP contribution >= 0.6 is 31.9 Å². The van der Waals surface area contributed by atoms with Gasteiger partial charge in [0.15, 0.2) is 0 Å². The highest BCUT2D eigenvalue weighted by atomic mass is 79.9. The first kappa shape index (κ1) is 17.0. The van der Waals surface area contributed by atoms with E-state index in [1.807, 2.05) is 23.1 Å². The third-order valence-corrected chi connectivity index (χ3v) is 5.88. The van der Waals surface area contributed by atoms with E-state index in [1.54, 1.807) is 0 Å². The number of carbonyl (C=O) groups excluding carboxylic acids is 2. The summed E-state index contributed by atoms with van der Waals surface area (Å²) in [7, 11) is 0. The molecule has 124 valence electrons. The van der Waals surface area contributed by atoms with Crippen LogP contribution in [0.15, 0.2) is 27.1 Å². The molecule has 1 aliphatic carbocycles. The van der Waals surface area contributed by atoms with Gasteiger partial charge in [0, 0.05) is 28.0 Å². The summed E-state index contributed by atoms with van der Waals surface area (Å²) in [6.45, 7) is 0.559. The van der Waals surface area contributed by atoms with Crippen molar-refractivity contribution in [3.63, 3.8) is 0 Å². The number of hydrogen-bond acceptors (Lipinski definition) is 2. The molecule has 2 amide bonds. The summed E-state index contributed by atoms with van der Waals surface area (Å²) in [5, 5.41) is 2.94. The second-order valence-electron chi connectivity index (χ2n) is 6.35. The zero-order chi connectivity index (χ0) is 16.4. The number of benzene rings is 1. The Balaban J connectivity index is 1.63. The lowest BCUT2D eigenvalue weighted by atomic mass is 9.94. The van der Waals surface area contributed by atoms with Gasteiger partial charge in [-0.3, -0.25) is 9.59 Å². The number of hydrogen-bond donors (Lipinski definition) is 1. The molecule has 1 aliphatic heterocycles. The van der Waals surface area contributed by atoms with E-state index in [0.717, 1.165) is 27.5 Å². The van der Waals surface area contributed by atoms with Crippen LogP contribution < -0.4 is 5.32 Å². The third-order valence-electron chi connectivity index (χ3n) is 4.73. The summed E-state index contributed by atoms with van der Waals surface area (Å²) < 4.78 is 1.77. The maximum absolute atomic E-state index is 12.5. The summed E-state index contributed by atoms with van der Waals surface area (Å²) in [4.78, 5) is 26.7. The lowest BCUT2D eigenvalue weighted by molar-refractivity contribution is -0.130. The van der Waals surface area contributed by atoms with Crippen LogP contribution in [-0.4, -0.2) is 29.3 Å². The number of carbonyl (C=O) groups is 2. The average molecular weight is 444 g/mol.